The van der Waals surface area contributed by atoms with Gasteiger partial charge in [-0.2, -0.15) is 4.98 Å². The first kappa shape index (κ1) is 8.21. The lowest BCUT2D eigenvalue weighted by atomic mass is 10.2. The van der Waals surface area contributed by atoms with Crippen molar-refractivity contribution in [1.29, 1.82) is 0 Å². The summed E-state index contributed by atoms with van der Waals surface area (Å²) in [5.74, 6) is 0.720. The van der Waals surface area contributed by atoms with Gasteiger partial charge in [-0.25, -0.2) is 9.97 Å². The van der Waals surface area contributed by atoms with Crippen LogP contribution in [0.5, 0.6) is 0 Å². The summed E-state index contributed by atoms with van der Waals surface area (Å²) in [5.41, 5.74) is 3.42. The third-order valence-electron chi connectivity index (χ3n) is 3.19. The molecule has 0 atom stereocenters. The van der Waals surface area contributed by atoms with Gasteiger partial charge in [0.1, 0.15) is 0 Å². The Morgan fingerprint density at radius 1 is 1.19 bits per heavy atom. The molecule has 4 rings (SSSR count). The third-order valence-corrected chi connectivity index (χ3v) is 3.19. The number of fused-ring (bicyclic) bond motifs is 3. The smallest absolute Gasteiger partial charge is 0.235 e. The van der Waals surface area contributed by atoms with Gasteiger partial charge in [0.25, 0.3) is 0 Å². The monoisotopic (exact) mass is 210 g/mol. The van der Waals surface area contributed by atoms with Crippen molar-refractivity contribution >= 4 is 16.8 Å². The fourth-order valence-electron chi connectivity index (χ4n) is 2.40. The Labute approximate surface area is 92.0 Å². The predicted molar refractivity (Wildman–Crippen MR) is 60.3 cm³/mol. The molecule has 0 aliphatic heterocycles. The maximum Gasteiger partial charge on any atom is 0.235 e. The molecule has 4 nitrogen and oxygen atoms in total. The Bertz CT molecular complexity index is 641. The van der Waals surface area contributed by atoms with Crippen molar-refractivity contribution in [3.05, 3.63) is 35.9 Å². The number of hydrogen-bond donors (Lipinski definition) is 0. The molecule has 0 bridgehead atoms. The second-order valence-electron chi connectivity index (χ2n) is 4.24. The SMILES string of the molecule is c1cn2cc3cc4c(nc3nc2n1)CCC4. The predicted octanol–water partition coefficient (Wildman–Crippen LogP) is 1.77. The quantitative estimate of drug-likeness (QED) is 0.568. The van der Waals surface area contributed by atoms with Crippen LogP contribution in [-0.2, 0) is 12.8 Å². The zero-order chi connectivity index (χ0) is 10.5. The molecule has 1 aliphatic rings. The topological polar surface area (TPSA) is 43.1 Å². The van der Waals surface area contributed by atoms with Gasteiger partial charge in [0.2, 0.25) is 5.78 Å². The molecule has 3 heterocycles. The van der Waals surface area contributed by atoms with Crippen LogP contribution in [0.3, 0.4) is 0 Å². The van der Waals surface area contributed by atoms with Crippen LogP contribution in [0.25, 0.3) is 16.8 Å². The van der Waals surface area contributed by atoms with Gasteiger partial charge in [-0.3, -0.25) is 4.40 Å². The van der Waals surface area contributed by atoms with Gasteiger partial charge in [-0.15, -0.1) is 0 Å². The van der Waals surface area contributed by atoms with Gasteiger partial charge in [-0.1, -0.05) is 0 Å². The highest BCUT2D eigenvalue weighted by Crippen LogP contribution is 2.23. The fourth-order valence-corrected chi connectivity index (χ4v) is 2.40. The number of aromatic nitrogens is 4. The summed E-state index contributed by atoms with van der Waals surface area (Å²) < 4.78 is 1.94. The van der Waals surface area contributed by atoms with Gasteiger partial charge in [0.05, 0.1) is 0 Å². The van der Waals surface area contributed by atoms with Crippen molar-refractivity contribution in [2.75, 3.05) is 0 Å². The molecule has 78 valence electrons. The summed E-state index contributed by atoms with van der Waals surface area (Å²) in [7, 11) is 0. The van der Waals surface area contributed by atoms with E-state index in [-0.39, 0.29) is 0 Å². The van der Waals surface area contributed by atoms with Crippen molar-refractivity contribution < 1.29 is 0 Å². The van der Waals surface area contributed by atoms with Crippen molar-refractivity contribution in [3.8, 4) is 0 Å². The third kappa shape index (κ3) is 1.01. The molecule has 0 spiro atoms. The lowest BCUT2D eigenvalue weighted by Crippen LogP contribution is -1.95. The highest BCUT2D eigenvalue weighted by molar-refractivity contribution is 5.76. The number of pyridine rings is 1. The molecule has 0 radical (unpaired) electrons. The number of imidazole rings is 1. The second-order valence-corrected chi connectivity index (χ2v) is 4.24. The largest absolute Gasteiger partial charge is 0.290 e. The lowest BCUT2D eigenvalue weighted by molar-refractivity contribution is 0.900. The van der Waals surface area contributed by atoms with E-state index in [0.29, 0.717) is 0 Å². The van der Waals surface area contributed by atoms with E-state index in [4.69, 9.17) is 0 Å². The standard InChI is InChI=1S/C12H10N4/c1-2-8-6-9-7-16-5-4-13-12(16)15-11(9)14-10(8)3-1/h4-7H,1-3H2. The molecule has 0 fully saturated rings. The average Bonchev–Trinajstić information content (AvgIpc) is 2.89. The van der Waals surface area contributed by atoms with Crippen molar-refractivity contribution in [3.63, 3.8) is 0 Å². The van der Waals surface area contributed by atoms with E-state index in [9.17, 15) is 0 Å². The first-order chi connectivity index (χ1) is 7.90. The fraction of sp³-hybridized carbons (Fsp3) is 0.250. The minimum Gasteiger partial charge on any atom is -0.290 e. The Morgan fingerprint density at radius 3 is 3.19 bits per heavy atom. The Morgan fingerprint density at radius 2 is 2.19 bits per heavy atom. The van der Waals surface area contributed by atoms with Gasteiger partial charge in [0.15, 0.2) is 5.65 Å². The second kappa shape index (κ2) is 2.78. The Balaban J connectivity index is 2.14. The van der Waals surface area contributed by atoms with Gasteiger partial charge < -0.3 is 0 Å². The lowest BCUT2D eigenvalue weighted by Gasteiger charge is -2.02. The molecule has 0 unspecified atom stereocenters. The van der Waals surface area contributed by atoms with E-state index in [1.54, 1.807) is 6.20 Å². The van der Waals surface area contributed by atoms with Crippen molar-refractivity contribution in [2.45, 2.75) is 19.3 Å². The van der Waals surface area contributed by atoms with Crippen LogP contribution in [0.1, 0.15) is 17.7 Å². The normalized spacial score (nSPS) is 14.8. The molecule has 0 N–H and O–H groups in total. The zero-order valence-electron chi connectivity index (χ0n) is 8.72. The summed E-state index contributed by atoms with van der Waals surface area (Å²) in [6.07, 6.45) is 9.18. The molecule has 0 saturated carbocycles. The Hall–Kier alpha value is -1.97. The number of nitrogens with zero attached hydrogens (tertiary/aromatic N) is 4. The highest BCUT2D eigenvalue weighted by atomic mass is 15.1. The molecular formula is C12H10N4. The maximum atomic E-state index is 4.62. The van der Waals surface area contributed by atoms with Crippen LogP contribution in [0.2, 0.25) is 0 Å². The van der Waals surface area contributed by atoms with Crippen LogP contribution < -0.4 is 0 Å². The first-order valence-electron chi connectivity index (χ1n) is 5.52. The number of rotatable bonds is 0. The minimum atomic E-state index is 0.720. The molecule has 0 saturated heterocycles. The molecule has 3 aromatic heterocycles. The highest BCUT2D eigenvalue weighted by Gasteiger charge is 2.14. The van der Waals surface area contributed by atoms with E-state index in [1.165, 1.54) is 17.7 Å². The summed E-state index contributed by atoms with van der Waals surface area (Å²) in [5, 5.41) is 1.10. The summed E-state index contributed by atoms with van der Waals surface area (Å²) in [6.45, 7) is 0. The van der Waals surface area contributed by atoms with Crippen molar-refractivity contribution in [1.82, 2.24) is 19.4 Å². The molecular weight excluding hydrogens is 200 g/mol. The summed E-state index contributed by atoms with van der Waals surface area (Å²) >= 11 is 0. The van der Waals surface area contributed by atoms with Gasteiger partial charge in [-0.05, 0) is 30.9 Å². The summed E-state index contributed by atoms with van der Waals surface area (Å²) in [6, 6.07) is 2.22. The van der Waals surface area contributed by atoms with E-state index >= 15 is 0 Å². The number of aryl methyl sites for hydroxylation is 2. The van der Waals surface area contributed by atoms with Crippen LogP contribution in [-0.4, -0.2) is 19.4 Å². The molecule has 3 aromatic rings. The summed E-state index contributed by atoms with van der Waals surface area (Å²) in [4.78, 5) is 13.3. The van der Waals surface area contributed by atoms with Gasteiger partial charge >= 0.3 is 0 Å². The minimum absolute atomic E-state index is 0.720. The molecule has 0 aromatic carbocycles. The Kier molecular flexibility index (Phi) is 1.43. The van der Waals surface area contributed by atoms with E-state index in [1.807, 2.05) is 10.6 Å². The first-order valence-corrected chi connectivity index (χ1v) is 5.52. The molecule has 16 heavy (non-hydrogen) atoms. The van der Waals surface area contributed by atoms with Gasteiger partial charge in [0, 0.05) is 29.7 Å². The molecule has 4 heteroatoms. The van der Waals surface area contributed by atoms with Crippen LogP contribution in [0.15, 0.2) is 24.7 Å². The van der Waals surface area contributed by atoms with Crippen LogP contribution in [0.4, 0.5) is 0 Å². The van der Waals surface area contributed by atoms with E-state index in [2.05, 4.69) is 27.2 Å². The average molecular weight is 210 g/mol. The zero-order valence-corrected chi connectivity index (χ0v) is 8.72. The van der Waals surface area contributed by atoms with E-state index < -0.39 is 0 Å². The number of hydrogen-bond acceptors (Lipinski definition) is 3. The maximum absolute atomic E-state index is 4.62. The van der Waals surface area contributed by atoms with Crippen molar-refractivity contribution in [2.24, 2.45) is 0 Å². The van der Waals surface area contributed by atoms with Crippen LogP contribution >= 0.6 is 0 Å². The van der Waals surface area contributed by atoms with E-state index in [0.717, 1.165) is 29.7 Å². The molecule has 1 aliphatic carbocycles. The molecule has 0 amide bonds. The van der Waals surface area contributed by atoms with Crippen LogP contribution in [0, 0.1) is 0 Å².